The van der Waals surface area contributed by atoms with Crippen LogP contribution in [0.25, 0.3) is 0 Å². The minimum absolute atomic E-state index is 0.00648. The van der Waals surface area contributed by atoms with Gasteiger partial charge in [0.1, 0.15) is 9.23 Å². The number of thioether (sulfide) groups is 2. The standard InChI is InChI=1S/C14H18N2OS3/c1-4-6-8-15-10(3)9-19-13(15)11-12(17)16(7-5-2)14(18)20-11/h5,9H,2,4,6-8H2,1,3H3. The Labute approximate surface area is 134 Å². The first kappa shape index (κ1) is 15.7. The maximum absolute atomic E-state index is 12.5. The molecule has 3 nitrogen and oxygen atoms in total. The van der Waals surface area contributed by atoms with Crippen molar-refractivity contribution in [1.82, 2.24) is 9.80 Å². The van der Waals surface area contributed by atoms with Gasteiger partial charge in [-0.05, 0) is 18.8 Å². The lowest BCUT2D eigenvalue weighted by atomic mass is 10.3. The molecule has 0 atom stereocenters. The van der Waals surface area contributed by atoms with Crippen LogP contribution in [0.5, 0.6) is 0 Å². The van der Waals surface area contributed by atoms with E-state index in [4.69, 9.17) is 12.2 Å². The molecule has 0 bridgehead atoms. The van der Waals surface area contributed by atoms with Crippen LogP contribution in [0.3, 0.4) is 0 Å². The van der Waals surface area contributed by atoms with Gasteiger partial charge in [0.25, 0.3) is 5.91 Å². The smallest absolute Gasteiger partial charge is 0.269 e. The average Bonchev–Trinajstić information content (AvgIpc) is 2.91. The highest BCUT2D eigenvalue weighted by Gasteiger charge is 2.36. The highest BCUT2D eigenvalue weighted by Crippen LogP contribution is 2.43. The van der Waals surface area contributed by atoms with Gasteiger partial charge < -0.3 is 4.90 Å². The molecule has 0 radical (unpaired) electrons. The van der Waals surface area contributed by atoms with E-state index in [-0.39, 0.29) is 5.91 Å². The maximum Gasteiger partial charge on any atom is 0.269 e. The van der Waals surface area contributed by atoms with Crippen molar-refractivity contribution < 1.29 is 4.79 Å². The quantitative estimate of drug-likeness (QED) is 0.433. The second kappa shape index (κ2) is 6.83. The molecule has 6 heteroatoms. The lowest BCUT2D eigenvalue weighted by molar-refractivity contribution is -0.121. The molecule has 1 fully saturated rings. The molecular weight excluding hydrogens is 308 g/mol. The molecule has 0 aromatic rings. The number of allylic oxidation sites excluding steroid dienone is 1. The van der Waals surface area contributed by atoms with Crippen LogP contribution in [0.2, 0.25) is 0 Å². The number of amides is 1. The molecule has 0 spiro atoms. The Morgan fingerprint density at radius 3 is 2.85 bits per heavy atom. The van der Waals surface area contributed by atoms with Gasteiger partial charge in [-0.25, -0.2) is 0 Å². The van der Waals surface area contributed by atoms with E-state index in [0.29, 0.717) is 10.9 Å². The number of thiocarbonyl (C=S) groups is 1. The first-order chi connectivity index (χ1) is 9.60. The summed E-state index contributed by atoms with van der Waals surface area (Å²) in [6, 6.07) is 0. The van der Waals surface area contributed by atoms with Gasteiger partial charge >= 0.3 is 0 Å². The fourth-order valence-corrected chi connectivity index (χ4v) is 4.49. The Morgan fingerprint density at radius 2 is 2.20 bits per heavy atom. The highest BCUT2D eigenvalue weighted by atomic mass is 32.2. The van der Waals surface area contributed by atoms with E-state index in [1.807, 2.05) is 0 Å². The molecule has 20 heavy (non-hydrogen) atoms. The molecule has 1 saturated heterocycles. The molecule has 2 aliphatic heterocycles. The number of carbonyl (C=O) groups excluding carboxylic acids is 1. The molecule has 1 amide bonds. The van der Waals surface area contributed by atoms with Gasteiger partial charge in [0, 0.05) is 18.8 Å². The molecule has 0 saturated carbocycles. The van der Waals surface area contributed by atoms with E-state index in [9.17, 15) is 4.79 Å². The molecular formula is C14H18N2OS3. The number of rotatable bonds is 5. The van der Waals surface area contributed by atoms with E-state index in [0.717, 1.165) is 29.3 Å². The number of hydrogen-bond acceptors (Lipinski definition) is 5. The van der Waals surface area contributed by atoms with Crippen LogP contribution in [-0.4, -0.2) is 33.1 Å². The second-order valence-corrected chi connectivity index (χ2v) is 7.09. The van der Waals surface area contributed by atoms with Gasteiger partial charge in [-0.3, -0.25) is 9.69 Å². The zero-order chi connectivity index (χ0) is 14.7. The second-order valence-electron chi connectivity index (χ2n) is 4.59. The third-order valence-electron chi connectivity index (χ3n) is 3.10. The summed E-state index contributed by atoms with van der Waals surface area (Å²) in [6.45, 7) is 9.36. The minimum atomic E-state index is 0.00648. The van der Waals surface area contributed by atoms with E-state index in [1.165, 1.54) is 17.5 Å². The van der Waals surface area contributed by atoms with Crippen LogP contribution in [0.4, 0.5) is 0 Å². The number of carbonyl (C=O) groups is 1. The van der Waals surface area contributed by atoms with Crippen molar-refractivity contribution in [3.8, 4) is 0 Å². The summed E-state index contributed by atoms with van der Waals surface area (Å²) in [4.78, 5) is 17.1. The zero-order valence-corrected chi connectivity index (χ0v) is 14.2. The molecule has 0 aromatic heterocycles. The Balaban J connectivity index is 2.26. The summed E-state index contributed by atoms with van der Waals surface area (Å²) in [5, 5.41) is 3.13. The maximum atomic E-state index is 12.5. The van der Waals surface area contributed by atoms with Gasteiger partial charge in [-0.2, -0.15) is 0 Å². The minimum Gasteiger partial charge on any atom is -0.338 e. The predicted molar refractivity (Wildman–Crippen MR) is 92.1 cm³/mol. The zero-order valence-electron chi connectivity index (χ0n) is 11.7. The Bertz CT molecular complexity index is 511. The SMILES string of the molecule is C=CCN1C(=O)C(=C2SC=C(C)N2CCCC)SC1=S. The Kier molecular flexibility index (Phi) is 5.35. The molecule has 2 rings (SSSR count). The largest absolute Gasteiger partial charge is 0.338 e. The Morgan fingerprint density at radius 1 is 1.45 bits per heavy atom. The lowest BCUT2D eigenvalue weighted by Gasteiger charge is -2.22. The van der Waals surface area contributed by atoms with E-state index in [1.54, 1.807) is 22.7 Å². The van der Waals surface area contributed by atoms with Crippen molar-refractivity contribution in [2.24, 2.45) is 0 Å². The summed E-state index contributed by atoms with van der Waals surface area (Å²) >= 11 is 8.32. The van der Waals surface area contributed by atoms with Crippen molar-refractivity contribution in [2.75, 3.05) is 13.1 Å². The van der Waals surface area contributed by atoms with Crippen LogP contribution in [0.15, 0.2) is 33.7 Å². The van der Waals surface area contributed by atoms with Crippen molar-refractivity contribution in [1.29, 1.82) is 0 Å². The van der Waals surface area contributed by atoms with Crippen LogP contribution < -0.4 is 0 Å². The lowest BCUT2D eigenvalue weighted by Crippen LogP contribution is -2.29. The summed E-state index contributed by atoms with van der Waals surface area (Å²) in [5.74, 6) is 0.00648. The van der Waals surface area contributed by atoms with Gasteiger partial charge in [-0.1, -0.05) is 55.2 Å². The van der Waals surface area contributed by atoms with Crippen LogP contribution >= 0.6 is 35.7 Å². The van der Waals surface area contributed by atoms with E-state index in [2.05, 4.69) is 30.7 Å². The topological polar surface area (TPSA) is 23.6 Å². The van der Waals surface area contributed by atoms with Gasteiger partial charge in [0.15, 0.2) is 0 Å². The predicted octanol–water partition coefficient (Wildman–Crippen LogP) is 3.91. The number of unbranched alkanes of at least 4 members (excludes halogenated alkanes) is 1. The van der Waals surface area contributed by atoms with E-state index < -0.39 is 0 Å². The van der Waals surface area contributed by atoms with Gasteiger partial charge in [-0.15, -0.1) is 6.58 Å². The monoisotopic (exact) mass is 326 g/mol. The summed E-state index contributed by atoms with van der Waals surface area (Å²) in [5.41, 5.74) is 1.20. The first-order valence-corrected chi connectivity index (χ1v) is 8.70. The molecule has 0 aliphatic carbocycles. The van der Waals surface area contributed by atoms with Crippen LogP contribution in [0.1, 0.15) is 26.7 Å². The summed E-state index contributed by atoms with van der Waals surface area (Å²) < 4.78 is 0.623. The molecule has 0 unspecified atom stereocenters. The van der Waals surface area contributed by atoms with Gasteiger partial charge in [0.05, 0.1) is 5.03 Å². The van der Waals surface area contributed by atoms with Crippen molar-refractivity contribution in [3.63, 3.8) is 0 Å². The molecule has 2 aliphatic rings. The highest BCUT2D eigenvalue weighted by molar-refractivity contribution is 8.27. The van der Waals surface area contributed by atoms with Crippen molar-refractivity contribution in [2.45, 2.75) is 26.7 Å². The summed E-state index contributed by atoms with van der Waals surface area (Å²) in [7, 11) is 0. The van der Waals surface area contributed by atoms with Crippen LogP contribution in [0, 0.1) is 0 Å². The molecule has 108 valence electrons. The third kappa shape index (κ3) is 2.97. The van der Waals surface area contributed by atoms with Crippen LogP contribution in [-0.2, 0) is 4.79 Å². The average molecular weight is 327 g/mol. The molecule has 0 aromatic carbocycles. The molecule has 0 N–H and O–H groups in total. The molecule has 2 heterocycles. The van der Waals surface area contributed by atoms with Gasteiger partial charge in [0.2, 0.25) is 0 Å². The number of nitrogens with zero attached hydrogens (tertiary/aromatic N) is 2. The fourth-order valence-electron chi connectivity index (χ4n) is 2.01. The number of hydrogen-bond donors (Lipinski definition) is 0. The normalized spacial score (nSPS) is 22.8. The van der Waals surface area contributed by atoms with E-state index >= 15 is 0 Å². The van der Waals surface area contributed by atoms with Crippen molar-refractivity contribution >= 4 is 46.0 Å². The summed E-state index contributed by atoms with van der Waals surface area (Å²) in [6.07, 6.45) is 3.96. The Hall–Kier alpha value is -0.720. The third-order valence-corrected chi connectivity index (χ3v) is 5.78. The van der Waals surface area contributed by atoms with Crippen molar-refractivity contribution in [3.05, 3.63) is 33.7 Å². The first-order valence-electron chi connectivity index (χ1n) is 6.60. The fraction of sp³-hybridized carbons (Fsp3) is 0.429.